The standard InChI is InChI=1S/C26H25FN2O4/c1-3-4-5-14-33-21-12-8-19(9-13-21)24(30)23-17(2)22(15-28)25(31)29(26(23)32)16-18-6-10-20(27)11-7-18/h6-13,32H,3-5,14,16H2,1-2H3. The summed E-state index contributed by atoms with van der Waals surface area (Å²) in [7, 11) is 0. The van der Waals surface area contributed by atoms with Gasteiger partial charge in [0.15, 0.2) is 5.78 Å². The molecule has 3 aromatic rings. The van der Waals surface area contributed by atoms with Gasteiger partial charge in [0.05, 0.1) is 18.7 Å². The number of ether oxygens (including phenoxy) is 1. The molecule has 0 radical (unpaired) electrons. The Morgan fingerprint density at radius 1 is 1.12 bits per heavy atom. The van der Waals surface area contributed by atoms with Crippen molar-refractivity contribution >= 4 is 5.78 Å². The van der Waals surface area contributed by atoms with Crippen molar-refractivity contribution in [2.75, 3.05) is 6.61 Å². The Labute approximate surface area is 191 Å². The average Bonchev–Trinajstić information content (AvgIpc) is 2.81. The van der Waals surface area contributed by atoms with Crippen molar-refractivity contribution in [3.05, 3.63) is 92.5 Å². The highest BCUT2D eigenvalue weighted by Gasteiger charge is 2.25. The van der Waals surface area contributed by atoms with Gasteiger partial charge in [-0.1, -0.05) is 31.9 Å². The lowest BCUT2D eigenvalue weighted by Crippen LogP contribution is -2.27. The monoisotopic (exact) mass is 448 g/mol. The second-order valence-corrected chi connectivity index (χ2v) is 7.74. The van der Waals surface area contributed by atoms with Gasteiger partial charge in [-0.3, -0.25) is 14.2 Å². The molecule has 0 aliphatic carbocycles. The van der Waals surface area contributed by atoms with Crippen LogP contribution in [-0.4, -0.2) is 22.1 Å². The molecule has 33 heavy (non-hydrogen) atoms. The first-order chi connectivity index (χ1) is 15.9. The maximum absolute atomic E-state index is 13.3. The number of unbranched alkanes of at least 4 members (excludes halogenated alkanes) is 2. The van der Waals surface area contributed by atoms with Crippen LogP contribution >= 0.6 is 0 Å². The molecule has 170 valence electrons. The maximum atomic E-state index is 13.3. The number of rotatable bonds is 9. The Hall–Kier alpha value is -3.92. The van der Waals surface area contributed by atoms with E-state index in [4.69, 9.17) is 4.74 Å². The summed E-state index contributed by atoms with van der Waals surface area (Å²) in [4.78, 5) is 26.0. The van der Waals surface area contributed by atoms with Gasteiger partial charge in [0.25, 0.3) is 5.56 Å². The van der Waals surface area contributed by atoms with Crippen LogP contribution < -0.4 is 10.3 Å². The molecule has 0 amide bonds. The van der Waals surface area contributed by atoms with Gasteiger partial charge in [-0.05, 0) is 60.9 Å². The SMILES string of the molecule is CCCCCOc1ccc(C(=O)c2c(C)c(C#N)c(=O)n(Cc3ccc(F)cc3)c2O)cc1. The first-order valence-electron chi connectivity index (χ1n) is 10.8. The Morgan fingerprint density at radius 2 is 1.79 bits per heavy atom. The number of hydrogen-bond donors (Lipinski definition) is 1. The largest absolute Gasteiger partial charge is 0.494 e. The maximum Gasteiger partial charge on any atom is 0.271 e. The molecular weight excluding hydrogens is 423 g/mol. The van der Waals surface area contributed by atoms with Crippen molar-refractivity contribution in [2.45, 2.75) is 39.7 Å². The molecule has 0 saturated carbocycles. The molecule has 0 bridgehead atoms. The van der Waals surface area contributed by atoms with Crippen LogP contribution in [0.15, 0.2) is 53.3 Å². The van der Waals surface area contributed by atoms with Gasteiger partial charge in [-0.25, -0.2) is 4.39 Å². The molecule has 7 heteroatoms. The quantitative estimate of drug-likeness (QED) is 0.378. The van der Waals surface area contributed by atoms with Crippen molar-refractivity contribution in [1.82, 2.24) is 4.57 Å². The highest BCUT2D eigenvalue weighted by atomic mass is 19.1. The fraction of sp³-hybridized carbons (Fsp3) is 0.269. The van der Waals surface area contributed by atoms with E-state index in [0.29, 0.717) is 17.9 Å². The van der Waals surface area contributed by atoms with E-state index in [-0.39, 0.29) is 28.8 Å². The van der Waals surface area contributed by atoms with Crippen molar-refractivity contribution in [3.63, 3.8) is 0 Å². The predicted molar refractivity (Wildman–Crippen MR) is 122 cm³/mol. The van der Waals surface area contributed by atoms with Gasteiger partial charge in [0.1, 0.15) is 23.2 Å². The summed E-state index contributed by atoms with van der Waals surface area (Å²) in [5.41, 5.74) is -0.141. The zero-order valence-corrected chi connectivity index (χ0v) is 18.6. The summed E-state index contributed by atoms with van der Waals surface area (Å²) in [6, 6.07) is 13.7. The minimum atomic E-state index is -0.718. The van der Waals surface area contributed by atoms with Crippen LogP contribution in [0.4, 0.5) is 4.39 Å². The highest BCUT2D eigenvalue weighted by Crippen LogP contribution is 2.26. The normalized spacial score (nSPS) is 10.6. The minimum absolute atomic E-state index is 0.111. The minimum Gasteiger partial charge on any atom is -0.494 e. The highest BCUT2D eigenvalue weighted by molar-refractivity contribution is 6.11. The van der Waals surface area contributed by atoms with E-state index in [1.165, 1.54) is 31.2 Å². The van der Waals surface area contributed by atoms with Crippen molar-refractivity contribution in [2.24, 2.45) is 0 Å². The molecule has 3 rings (SSSR count). The zero-order valence-electron chi connectivity index (χ0n) is 18.6. The van der Waals surface area contributed by atoms with Gasteiger partial charge in [-0.2, -0.15) is 5.26 Å². The van der Waals surface area contributed by atoms with Crippen LogP contribution in [0, 0.1) is 24.1 Å². The number of benzene rings is 2. The van der Waals surface area contributed by atoms with Crippen LogP contribution in [0.2, 0.25) is 0 Å². The predicted octanol–water partition coefficient (Wildman–Crippen LogP) is 4.72. The van der Waals surface area contributed by atoms with Crippen LogP contribution in [0.5, 0.6) is 11.6 Å². The summed E-state index contributed by atoms with van der Waals surface area (Å²) in [6.07, 6.45) is 3.11. The van der Waals surface area contributed by atoms with E-state index >= 15 is 0 Å². The summed E-state index contributed by atoms with van der Waals surface area (Å²) in [5, 5.41) is 20.4. The third-order valence-corrected chi connectivity index (χ3v) is 5.41. The lowest BCUT2D eigenvalue weighted by Gasteiger charge is -2.16. The molecule has 0 aliphatic rings. The van der Waals surface area contributed by atoms with Crippen molar-refractivity contribution in [1.29, 1.82) is 5.26 Å². The Bertz CT molecular complexity index is 1240. The number of nitriles is 1. The number of aromatic hydroxyl groups is 1. The average molecular weight is 448 g/mol. The van der Waals surface area contributed by atoms with E-state index in [9.17, 15) is 24.3 Å². The molecule has 0 aliphatic heterocycles. The molecule has 2 aromatic carbocycles. The first kappa shape index (κ1) is 23.7. The Morgan fingerprint density at radius 3 is 2.39 bits per heavy atom. The first-order valence-corrected chi connectivity index (χ1v) is 10.8. The molecule has 1 N–H and O–H groups in total. The topological polar surface area (TPSA) is 92.3 Å². The summed E-state index contributed by atoms with van der Waals surface area (Å²) in [6.45, 7) is 4.03. The van der Waals surface area contributed by atoms with Crippen LogP contribution in [-0.2, 0) is 6.54 Å². The number of ketones is 1. The summed E-state index contributed by atoms with van der Waals surface area (Å²) in [5.74, 6) is -0.870. The molecule has 1 aromatic heterocycles. The van der Waals surface area contributed by atoms with E-state index < -0.39 is 23.0 Å². The second kappa shape index (κ2) is 10.6. The van der Waals surface area contributed by atoms with Crippen LogP contribution in [0.25, 0.3) is 0 Å². The molecule has 0 fully saturated rings. The third-order valence-electron chi connectivity index (χ3n) is 5.41. The molecule has 0 saturated heterocycles. The van der Waals surface area contributed by atoms with E-state index in [1.807, 2.05) is 6.07 Å². The van der Waals surface area contributed by atoms with Crippen LogP contribution in [0.1, 0.15) is 58.8 Å². The molecule has 0 atom stereocenters. The molecular formula is C26H25FN2O4. The van der Waals surface area contributed by atoms with Crippen LogP contribution in [0.3, 0.4) is 0 Å². The number of carbonyl (C=O) groups is 1. The van der Waals surface area contributed by atoms with E-state index in [0.717, 1.165) is 23.8 Å². The number of halogens is 1. The number of carbonyl (C=O) groups excluding carboxylic acids is 1. The van der Waals surface area contributed by atoms with Crippen molar-refractivity contribution in [3.8, 4) is 17.7 Å². The van der Waals surface area contributed by atoms with Gasteiger partial charge >= 0.3 is 0 Å². The number of hydrogen-bond acceptors (Lipinski definition) is 5. The van der Waals surface area contributed by atoms with Gasteiger partial charge in [0.2, 0.25) is 5.88 Å². The zero-order chi connectivity index (χ0) is 24.0. The fourth-order valence-corrected chi connectivity index (χ4v) is 3.53. The summed E-state index contributed by atoms with van der Waals surface area (Å²) >= 11 is 0. The van der Waals surface area contributed by atoms with E-state index in [2.05, 4.69) is 6.92 Å². The third kappa shape index (κ3) is 5.29. The fourth-order valence-electron chi connectivity index (χ4n) is 3.53. The number of aromatic nitrogens is 1. The van der Waals surface area contributed by atoms with Gasteiger partial charge in [0, 0.05) is 5.56 Å². The molecule has 0 spiro atoms. The Balaban J connectivity index is 1.96. The number of pyridine rings is 1. The smallest absolute Gasteiger partial charge is 0.271 e. The number of nitrogens with zero attached hydrogens (tertiary/aromatic N) is 2. The van der Waals surface area contributed by atoms with Gasteiger partial charge < -0.3 is 9.84 Å². The van der Waals surface area contributed by atoms with Crippen molar-refractivity contribution < 1.29 is 19.0 Å². The molecule has 0 unspecified atom stereocenters. The van der Waals surface area contributed by atoms with Gasteiger partial charge in [-0.15, -0.1) is 0 Å². The van der Waals surface area contributed by atoms with E-state index in [1.54, 1.807) is 24.3 Å². The summed E-state index contributed by atoms with van der Waals surface area (Å²) < 4.78 is 19.9. The lowest BCUT2D eigenvalue weighted by molar-refractivity contribution is 0.103. The lowest BCUT2D eigenvalue weighted by atomic mass is 9.97. The Kier molecular flexibility index (Phi) is 7.62. The molecule has 1 heterocycles. The molecule has 6 nitrogen and oxygen atoms in total. The second-order valence-electron chi connectivity index (χ2n) is 7.74.